The summed E-state index contributed by atoms with van der Waals surface area (Å²) in [5, 5.41) is 1.29. The van der Waals surface area contributed by atoms with Gasteiger partial charge in [0.2, 0.25) is 0 Å². The van der Waals surface area contributed by atoms with Crippen LogP contribution < -0.4 is 10.6 Å². The highest BCUT2D eigenvalue weighted by molar-refractivity contribution is 9.12. The van der Waals surface area contributed by atoms with Crippen molar-refractivity contribution in [1.29, 1.82) is 0 Å². The molecular formula is C17H16BrO3PS. The van der Waals surface area contributed by atoms with Gasteiger partial charge in [-0.3, -0.25) is 4.18 Å². The highest BCUT2D eigenvalue weighted by Crippen LogP contribution is 2.60. The van der Waals surface area contributed by atoms with E-state index >= 15 is 0 Å². The van der Waals surface area contributed by atoms with Crippen LogP contribution in [0.15, 0.2) is 69.8 Å². The van der Waals surface area contributed by atoms with Crippen molar-refractivity contribution in [3.8, 4) is 0 Å². The van der Waals surface area contributed by atoms with E-state index in [1.807, 2.05) is 74.5 Å². The summed E-state index contributed by atoms with van der Waals surface area (Å²) >= 11 is 1.73. The molecule has 0 aromatic heterocycles. The zero-order valence-electron chi connectivity index (χ0n) is 12.7. The van der Waals surface area contributed by atoms with E-state index in [2.05, 4.69) is 15.9 Å². The van der Waals surface area contributed by atoms with Crippen LogP contribution in [-0.4, -0.2) is 9.81 Å². The van der Waals surface area contributed by atoms with Gasteiger partial charge in [-0.05, 0) is 13.8 Å². The summed E-state index contributed by atoms with van der Waals surface area (Å²) in [5.74, 6) is 0. The van der Waals surface area contributed by atoms with Gasteiger partial charge < -0.3 is 4.57 Å². The lowest BCUT2D eigenvalue weighted by Crippen LogP contribution is -2.19. The highest BCUT2D eigenvalue weighted by Gasteiger charge is 2.47. The van der Waals surface area contributed by atoms with E-state index in [-0.39, 0.29) is 0 Å². The van der Waals surface area contributed by atoms with Crippen LogP contribution in [0.1, 0.15) is 13.8 Å². The molecule has 2 aromatic carbocycles. The summed E-state index contributed by atoms with van der Waals surface area (Å²) in [5.41, 5.74) is -0.764. The van der Waals surface area contributed by atoms with Crippen LogP contribution in [0.25, 0.3) is 0 Å². The van der Waals surface area contributed by atoms with Crippen LogP contribution >= 0.6 is 23.1 Å². The molecule has 0 N–H and O–H groups in total. The van der Waals surface area contributed by atoms with E-state index in [1.54, 1.807) is 0 Å². The Kier molecular flexibility index (Phi) is 4.49. The van der Waals surface area contributed by atoms with Crippen LogP contribution in [0.3, 0.4) is 0 Å². The van der Waals surface area contributed by atoms with E-state index in [1.165, 1.54) is 0 Å². The number of hydrogen-bond acceptors (Lipinski definition) is 3. The monoisotopic (exact) mass is 410 g/mol. The lowest BCUT2D eigenvalue weighted by atomic mass is 10.1. The topological polar surface area (TPSA) is 43.4 Å². The molecule has 0 saturated heterocycles. The first-order valence-corrected chi connectivity index (χ1v) is 10.7. The Hall–Kier alpha value is -1.00. The first-order valence-electron chi connectivity index (χ1n) is 7.11. The fourth-order valence-electron chi connectivity index (χ4n) is 2.50. The van der Waals surface area contributed by atoms with E-state index in [0.717, 1.165) is 0 Å². The Balaban J connectivity index is 2.34. The van der Waals surface area contributed by atoms with Gasteiger partial charge in [-0.2, -0.15) is 0 Å². The minimum Gasteiger partial charge on any atom is -0.308 e. The number of hydrogen-bond donors (Lipinski definition) is 0. The normalized spacial score (nSPS) is 20.7. The lowest BCUT2D eigenvalue weighted by Gasteiger charge is -2.20. The van der Waals surface area contributed by atoms with Gasteiger partial charge in [0.1, 0.15) is 10.2 Å². The summed E-state index contributed by atoms with van der Waals surface area (Å²) in [7, 11) is -3.26. The Bertz CT molecular complexity index is 788. The van der Waals surface area contributed by atoms with Gasteiger partial charge in [-0.25, -0.2) is 4.21 Å². The van der Waals surface area contributed by atoms with Crippen LogP contribution in [0, 0.1) is 0 Å². The predicted molar refractivity (Wildman–Crippen MR) is 99.0 cm³/mol. The molecule has 2 aromatic rings. The molecule has 1 aliphatic heterocycles. The fourth-order valence-corrected chi connectivity index (χ4v) is 8.85. The Morgan fingerprint density at radius 3 is 1.74 bits per heavy atom. The third-order valence-corrected chi connectivity index (χ3v) is 10.8. The zero-order chi connectivity index (χ0) is 16.7. The standard InChI is InChI=1S/C17H16BrO3PS/c1-17(2)15(18)16(23(20)21-17)22(19,13-9-5-3-6-10-13)14-11-7-4-8-12-14/h3-12H,1-2H3. The first kappa shape index (κ1) is 16.8. The molecule has 0 bridgehead atoms. The maximum Gasteiger partial charge on any atom is 0.195 e. The summed E-state index contributed by atoms with van der Waals surface area (Å²) in [6, 6.07) is 18.3. The van der Waals surface area contributed by atoms with Crippen molar-refractivity contribution < 1.29 is 13.0 Å². The molecule has 1 atom stereocenters. The smallest absolute Gasteiger partial charge is 0.195 e. The number of rotatable bonds is 3. The third kappa shape index (κ3) is 2.80. The maximum atomic E-state index is 14.2. The Labute approximate surface area is 146 Å². The molecule has 0 saturated carbocycles. The molecular weight excluding hydrogens is 395 g/mol. The predicted octanol–water partition coefficient (Wildman–Crippen LogP) is 4.04. The van der Waals surface area contributed by atoms with Gasteiger partial charge >= 0.3 is 0 Å². The Morgan fingerprint density at radius 1 is 0.957 bits per heavy atom. The number of halogens is 1. The molecule has 1 unspecified atom stereocenters. The van der Waals surface area contributed by atoms with Crippen molar-refractivity contribution >= 4 is 44.8 Å². The molecule has 1 aliphatic rings. The zero-order valence-corrected chi connectivity index (χ0v) is 16.0. The van der Waals surface area contributed by atoms with E-state index in [4.69, 9.17) is 4.18 Å². The molecule has 0 radical (unpaired) electrons. The SMILES string of the molecule is CC1(C)OS(=O)C(P(=O)(c2ccccc2)c2ccccc2)=C1Br. The minimum absolute atomic E-state index is 0.333. The van der Waals surface area contributed by atoms with Gasteiger partial charge in [0.15, 0.2) is 18.2 Å². The molecule has 6 heteroatoms. The Morgan fingerprint density at radius 2 is 1.39 bits per heavy atom. The first-order chi connectivity index (χ1) is 10.9. The average molecular weight is 411 g/mol. The average Bonchev–Trinajstić information content (AvgIpc) is 2.76. The summed E-state index contributed by atoms with van der Waals surface area (Å²) in [4.78, 5) is 0. The second kappa shape index (κ2) is 6.14. The van der Waals surface area contributed by atoms with Crippen molar-refractivity contribution in [2.24, 2.45) is 0 Å². The molecule has 0 aliphatic carbocycles. The minimum atomic E-state index is -3.26. The van der Waals surface area contributed by atoms with E-state index in [9.17, 15) is 8.77 Å². The highest BCUT2D eigenvalue weighted by atomic mass is 79.9. The molecule has 1 heterocycles. The molecule has 120 valence electrons. The molecule has 3 nitrogen and oxygen atoms in total. The second-order valence-electron chi connectivity index (χ2n) is 5.73. The lowest BCUT2D eigenvalue weighted by molar-refractivity contribution is 0.194. The van der Waals surface area contributed by atoms with Gasteiger partial charge in [0.05, 0.1) is 4.48 Å². The van der Waals surface area contributed by atoms with E-state index in [0.29, 0.717) is 19.7 Å². The van der Waals surface area contributed by atoms with Crippen LogP contribution in [0.5, 0.6) is 0 Å². The number of benzene rings is 2. The second-order valence-corrected chi connectivity index (χ2v) is 10.6. The van der Waals surface area contributed by atoms with Gasteiger partial charge in [-0.15, -0.1) is 0 Å². The molecule has 0 spiro atoms. The maximum absolute atomic E-state index is 14.2. The molecule has 3 rings (SSSR count). The van der Waals surface area contributed by atoms with Crippen molar-refractivity contribution in [2.45, 2.75) is 19.4 Å². The van der Waals surface area contributed by atoms with Crippen LogP contribution in [-0.2, 0) is 19.8 Å². The van der Waals surface area contributed by atoms with Crippen molar-refractivity contribution in [2.75, 3.05) is 0 Å². The van der Waals surface area contributed by atoms with Crippen molar-refractivity contribution in [3.05, 3.63) is 69.8 Å². The largest absolute Gasteiger partial charge is 0.308 e. The summed E-state index contributed by atoms with van der Waals surface area (Å²) in [6.45, 7) is 3.62. The molecule has 0 amide bonds. The third-order valence-electron chi connectivity index (χ3n) is 3.68. The summed E-state index contributed by atoms with van der Waals surface area (Å²) < 4.78 is 33.3. The van der Waals surface area contributed by atoms with Crippen LogP contribution in [0.4, 0.5) is 0 Å². The molecule has 23 heavy (non-hydrogen) atoms. The summed E-state index contributed by atoms with van der Waals surface area (Å²) in [6.07, 6.45) is 0. The van der Waals surface area contributed by atoms with Crippen LogP contribution in [0.2, 0.25) is 0 Å². The van der Waals surface area contributed by atoms with Gasteiger partial charge in [0.25, 0.3) is 0 Å². The quantitative estimate of drug-likeness (QED) is 0.717. The fraction of sp³-hybridized carbons (Fsp3) is 0.176. The van der Waals surface area contributed by atoms with Crippen molar-refractivity contribution in [1.82, 2.24) is 0 Å². The molecule has 0 fully saturated rings. The van der Waals surface area contributed by atoms with Crippen molar-refractivity contribution in [3.63, 3.8) is 0 Å². The van der Waals surface area contributed by atoms with E-state index < -0.39 is 23.8 Å². The van der Waals surface area contributed by atoms with Gasteiger partial charge in [0, 0.05) is 10.6 Å². The van der Waals surface area contributed by atoms with Gasteiger partial charge in [-0.1, -0.05) is 76.6 Å².